The molecule has 0 saturated carbocycles. The first-order valence-electron chi connectivity index (χ1n) is 7.06. The van der Waals surface area contributed by atoms with Crippen LogP contribution in [0.25, 0.3) is 6.08 Å². The van der Waals surface area contributed by atoms with Crippen molar-refractivity contribution in [2.45, 2.75) is 25.9 Å². The van der Waals surface area contributed by atoms with E-state index in [9.17, 15) is 4.79 Å². The predicted molar refractivity (Wildman–Crippen MR) is 85.7 cm³/mol. The highest BCUT2D eigenvalue weighted by Crippen LogP contribution is 2.23. The molecule has 0 radical (unpaired) electrons. The molecule has 114 valence electrons. The highest BCUT2D eigenvalue weighted by molar-refractivity contribution is 6.30. The maximum atomic E-state index is 12.3. The summed E-state index contributed by atoms with van der Waals surface area (Å²) in [6.07, 6.45) is 3.34. The summed E-state index contributed by atoms with van der Waals surface area (Å²) >= 11 is 5.98. The van der Waals surface area contributed by atoms with Gasteiger partial charge in [0.05, 0.1) is 7.11 Å². The van der Waals surface area contributed by atoms with Crippen molar-refractivity contribution >= 4 is 23.6 Å². The van der Waals surface area contributed by atoms with E-state index in [-0.39, 0.29) is 5.91 Å². The van der Waals surface area contributed by atoms with E-state index in [4.69, 9.17) is 16.3 Å². The summed E-state index contributed by atoms with van der Waals surface area (Å²) in [7, 11) is 1.60. The number of carbonyl (C=O) groups is 1. The zero-order chi connectivity index (χ0) is 15.4. The number of hydrogen-bond donors (Lipinski definition) is 1. The molecular formula is C16H21ClN2O2. The highest BCUT2D eigenvalue weighted by atomic mass is 35.5. The summed E-state index contributed by atoms with van der Waals surface area (Å²) in [5, 5.41) is 4.03. The Morgan fingerprint density at radius 2 is 2.05 bits per heavy atom. The number of hydrogen-bond acceptors (Lipinski definition) is 3. The van der Waals surface area contributed by atoms with Gasteiger partial charge in [0.1, 0.15) is 5.75 Å². The minimum atomic E-state index is 0.0113. The normalized spacial score (nSPS) is 22.6. The van der Waals surface area contributed by atoms with Crippen molar-refractivity contribution in [3.05, 3.63) is 34.9 Å². The summed E-state index contributed by atoms with van der Waals surface area (Å²) in [6, 6.07) is 5.96. The Labute approximate surface area is 130 Å². The molecule has 5 heteroatoms. The summed E-state index contributed by atoms with van der Waals surface area (Å²) < 4.78 is 5.27. The molecular weight excluding hydrogens is 288 g/mol. The summed E-state index contributed by atoms with van der Waals surface area (Å²) in [5.41, 5.74) is 0.801. The van der Waals surface area contributed by atoms with Crippen molar-refractivity contribution in [2.75, 3.05) is 20.2 Å². The van der Waals surface area contributed by atoms with Crippen LogP contribution in [0.3, 0.4) is 0 Å². The zero-order valence-corrected chi connectivity index (χ0v) is 13.4. The molecule has 2 rings (SSSR count). The lowest BCUT2D eigenvalue weighted by atomic mass is 10.1. The van der Waals surface area contributed by atoms with E-state index in [0.29, 0.717) is 22.9 Å². The monoisotopic (exact) mass is 308 g/mol. The topological polar surface area (TPSA) is 41.6 Å². The molecule has 1 heterocycles. The lowest BCUT2D eigenvalue weighted by Crippen LogP contribution is -2.55. The number of ether oxygens (including phenoxy) is 1. The Morgan fingerprint density at radius 3 is 2.67 bits per heavy atom. The van der Waals surface area contributed by atoms with Gasteiger partial charge in [0.15, 0.2) is 0 Å². The van der Waals surface area contributed by atoms with Crippen LogP contribution in [-0.4, -0.2) is 43.1 Å². The van der Waals surface area contributed by atoms with Crippen molar-refractivity contribution in [1.82, 2.24) is 10.2 Å². The van der Waals surface area contributed by atoms with E-state index in [1.54, 1.807) is 37.5 Å². The quantitative estimate of drug-likeness (QED) is 0.873. The van der Waals surface area contributed by atoms with Gasteiger partial charge < -0.3 is 15.0 Å². The maximum Gasteiger partial charge on any atom is 0.246 e. The standard InChI is InChI=1S/C16H21ClN2O2/c1-11-9-19(10-12(2)18-11)16(20)7-4-13-8-14(17)5-6-15(13)21-3/h4-8,11-12,18H,9-10H2,1-3H3/b7-4+. The summed E-state index contributed by atoms with van der Waals surface area (Å²) in [4.78, 5) is 14.1. The fourth-order valence-electron chi connectivity index (χ4n) is 2.61. The lowest BCUT2D eigenvalue weighted by Gasteiger charge is -2.35. The smallest absolute Gasteiger partial charge is 0.246 e. The minimum absolute atomic E-state index is 0.0113. The molecule has 1 fully saturated rings. The van der Waals surface area contributed by atoms with Gasteiger partial charge in [-0.25, -0.2) is 0 Å². The SMILES string of the molecule is COc1ccc(Cl)cc1/C=C/C(=O)N1CC(C)NC(C)C1. The number of amides is 1. The first-order valence-corrected chi connectivity index (χ1v) is 7.44. The van der Waals surface area contributed by atoms with Crippen LogP contribution in [0.15, 0.2) is 24.3 Å². The Hall–Kier alpha value is -1.52. The largest absolute Gasteiger partial charge is 0.496 e. The number of methoxy groups -OCH3 is 1. The molecule has 4 nitrogen and oxygen atoms in total. The molecule has 1 N–H and O–H groups in total. The lowest BCUT2D eigenvalue weighted by molar-refractivity contribution is -0.127. The van der Waals surface area contributed by atoms with Crippen LogP contribution in [0.4, 0.5) is 0 Å². The van der Waals surface area contributed by atoms with E-state index in [0.717, 1.165) is 18.7 Å². The van der Waals surface area contributed by atoms with E-state index in [1.807, 2.05) is 4.90 Å². The number of benzene rings is 1. The third-order valence-corrected chi connectivity index (χ3v) is 3.70. The zero-order valence-electron chi connectivity index (χ0n) is 12.6. The molecule has 2 unspecified atom stereocenters. The molecule has 1 aliphatic heterocycles. The maximum absolute atomic E-state index is 12.3. The van der Waals surface area contributed by atoms with Gasteiger partial charge in [0, 0.05) is 41.8 Å². The van der Waals surface area contributed by atoms with E-state index >= 15 is 0 Å². The van der Waals surface area contributed by atoms with Gasteiger partial charge in [-0.3, -0.25) is 4.79 Å². The first kappa shape index (κ1) is 15.9. The van der Waals surface area contributed by atoms with Gasteiger partial charge in [-0.2, -0.15) is 0 Å². The van der Waals surface area contributed by atoms with Gasteiger partial charge in [-0.05, 0) is 38.1 Å². The number of nitrogens with zero attached hydrogens (tertiary/aromatic N) is 1. The fourth-order valence-corrected chi connectivity index (χ4v) is 2.79. The molecule has 0 aromatic heterocycles. The van der Waals surface area contributed by atoms with E-state index < -0.39 is 0 Å². The highest BCUT2D eigenvalue weighted by Gasteiger charge is 2.23. The molecule has 1 amide bonds. The minimum Gasteiger partial charge on any atom is -0.496 e. The predicted octanol–water partition coefficient (Wildman–Crippen LogP) is 2.57. The molecule has 1 aliphatic rings. The molecule has 1 aromatic rings. The van der Waals surface area contributed by atoms with Crippen LogP contribution >= 0.6 is 11.6 Å². The second kappa shape index (κ2) is 6.96. The summed E-state index contributed by atoms with van der Waals surface area (Å²) in [6.45, 7) is 5.61. The fraction of sp³-hybridized carbons (Fsp3) is 0.438. The first-order chi connectivity index (χ1) is 9.99. The average Bonchev–Trinajstić information content (AvgIpc) is 2.43. The Balaban J connectivity index is 2.10. The van der Waals surface area contributed by atoms with Crippen LogP contribution in [0.5, 0.6) is 5.75 Å². The van der Waals surface area contributed by atoms with Crippen molar-refractivity contribution in [3.8, 4) is 5.75 Å². The number of nitrogens with one attached hydrogen (secondary N) is 1. The molecule has 0 bridgehead atoms. The molecule has 2 atom stereocenters. The van der Waals surface area contributed by atoms with Crippen LogP contribution < -0.4 is 10.1 Å². The second-order valence-electron chi connectivity index (χ2n) is 5.43. The van der Waals surface area contributed by atoms with Crippen molar-refractivity contribution in [3.63, 3.8) is 0 Å². The van der Waals surface area contributed by atoms with Crippen LogP contribution in [0, 0.1) is 0 Å². The Bertz CT molecular complexity index is 535. The van der Waals surface area contributed by atoms with Crippen LogP contribution in [0.1, 0.15) is 19.4 Å². The van der Waals surface area contributed by atoms with Crippen LogP contribution in [-0.2, 0) is 4.79 Å². The van der Waals surface area contributed by atoms with Gasteiger partial charge in [-0.1, -0.05) is 11.6 Å². The molecule has 1 saturated heterocycles. The van der Waals surface area contributed by atoms with Gasteiger partial charge in [0.2, 0.25) is 5.91 Å². The van der Waals surface area contributed by atoms with Crippen LogP contribution in [0.2, 0.25) is 5.02 Å². The number of carbonyl (C=O) groups excluding carboxylic acids is 1. The van der Waals surface area contributed by atoms with E-state index in [1.165, 1.54) is 0 Å². The molecule has 0 spiro atoms. The van der Waals surface area contributed by atoms with Crippen molar-refractivity contribution < 1.29 is 9.53 Å². The molecule has 21 heavy (non-hydrogen) atoms. The van der Waals surface area contributed by atoms with Crippen molar-refractivity contribution in [1.29, 1.82) is 0 Å². The Kier molecular flexibility index (Phi) is 5.26. The van der Waals surface area contributed by atoms with Crippen molar-refractivity contribution in [2.24, 2.45) is 0 Å². The Morgan fingerprint density at radius 1 is 1.38 bits per heavy atom. The van der Waals surface area contributed by atoms with E-state index in [2.05, 4.69) is 19.2 Å². The average molecular weight is 309 g/mol. The molecule has 0 aliphatic carbocycles. The number of rotatable bonds is 3. The van der Waals surface area contributed by atoms with Gasteiger partial charge in [-0.15, -0.1) is 0 Å². The van der Waals surface area contributed by atoms with Gasteiger partial charge in [0.25, 0.3) is 0 Å². The number of piperazine rings is 1. The van der Waals surface area contributed by atoms with Gasteiger partial charge >= 0.3 is 0 Å². The number of halogens is 1. The third kappa shape index (κ3) is 4.22. The second-order valence-corrected chi connectivity index (χ2v) is 5.87. The summed E-state index contributed by atoms with van der Waals surface area (Å²) in [5.74, 6) is 0.711. The third-order valence-electron chi connectivity index (χ3n) is 3.47. The molecule has 1 aromatic carbocycles.